The molecule has 2 fully saturated rings. The predicted octanol–water partition coefficient (Wildman–Crippen LogP) is 3.84. The third-order valence-electron chi connectivity index (χ3n) is 9.12. The smallest absolute Gasteiger partial charge is 0.163 e. The van der Waals surface area contributed by atoms with Gasteiger partial charge in [-0.2, -0.15) is 5.10 Å². The summed E-state index contributed by atoms with van der Waals surface area (Å²) in [5.74, 6) is 0.548. The summed E-state index contributed by atoms with van der Waals surface area (Å²) >= 11 is 0. The number of rotatable bonds is 5. The summed E-state index contributed by atoms with van der Waals surface area (Å²) in [7, 11) is 0. The molecule has 36 heavy (non-hydrogen) atoms. The predicted molar refractivity (Wildman–Crippen MR) is 139 cm³/mol. The van der Waals surface area contributed by atoms with E-state index in [0.717, 1.165) is 68.7 Å². The number of aliphatic hydroxyl groups is 1. The van der Waals surface area contributed by atoms with Crippen molar-refractivity contribution in [1.82, 2.24) is 30.0 Å². The van der Waals surface area contributed by atoms with E-state index in [-0.39, 0.29) is 11.0 Å². The van der Waals surface area contributed by atoms with E-state index >= 15 is 0 Å². The van der Waals surface area contributed by atoms with Crippen LogP contribution in [-0.4, -0.2) is 49.2 Å². The summed E-state index contributed by atoms with van der Waals surface area (Å²) in [6.45, 7) is 4.92. The molecule has 0 aromatic carbocycles. The molecule has 3 atom stereocenters. The molecular formula is C29H34N6O. The largest absolute Gasteiger partial charge is 0.365 e. The minimum atomic E-state index is -0.658. The first-order valence-electron chi connectivity index (χ1n) is 13.4. The maximum atomic E-state index is 11.3. The first kappa shape index (κ1) is 22.3. The van der Waals surface area contributed by atoms with E-state index in [1.54, 1.807) is 0 Å². The van der Waals surface area contributed by atoms with E-state index in [1.807, 2.05) is 18.6 Å². The molecule has 2 aliphatic heterocycles. The molecule has 2 N–H and O–H groups in total. The molecule has 0 bridgehead atoms. The van der Waals surface area contributed by atoms with Crippen LogP contribution in [0.1, 0.15) is 61.5 Å². The molecule has 7 rings (SSSR count). The Morgan fingerprint density at radius 2 is 1.94 bits per heavy atom. The highest BCUT2D eigenvalue weighted by Gasteiger charge is 2.48. The average Bonchev–Trinajstić information content (AvgIpc) is 3.58. The number of nitrogens with zero attached hydrogens (tertiary/aromatic N) is 5. The average molecular weight is 483 g/mol. The molecule has 2 aliphatic carbocycles. The molecule has 5 heterocycles. The highest BCUT2D eigenvalue weighted by Crippen LogP contribution is 2.45. The summed E-state index contributed by atoms with van der Waals surface area (Å²) in [6, 6.07) is 8.72. The summed E-state index contributed by atoms with van der Waals surface area (Å²) in [5, 5.41) is 19.9. The highest BCUT2D eigenvalue weighted by atomic mass is 16.3. The lowest BCUT2D eigenvalue weighted by atomic mass is 9.72. The number of hydrogen-bond acceptors (Lipinski definition) is 6. The summed E-state index contributed by atoms with van der Waals surface area (Å²) in [5.41, 5.74) is 6.97. The minimum absolute atomic E-state index is 0.0518. The van der Waals surface area contributed by atoms with E-state index in [2.05, 4.69) is 63.2 Å². The standard InChI is InChI=1S/C29H34N6O/c1-20-3-4-24-21(15-20)16-22(18-31-24)25-17-26-28(10-14-35(26)33-25)9-13-34(19-28)27(36)32-29(7-2-8-29)23-5-11-30-12-6-23/h3-6,11-12,16-18,20,27,32,36H,2,7-10,13-15,19H2,1H3. The van der Waals surface area contributed by atoms with Crippen molar-refractivity contribution in [3.63, 3.8) is 0 Å². The molecule has 7 nitrogen and oxygen atoms in total. The zero-order chi connectivity index (χ0) is 24.3. The molecule has 4 aliphatic rings. The highest BCUT2D eigenvalue weighted by molar-refractivity contribution is 5.64. The Kier molecular flexibility index (Phi) is 5.17. The quantitative estimate of drug-likeness (QED) is 0.538. The lowest BCUT2D eigenvalue weighted by molar-refractivity contribution is -0.0521. The van der Waals surface area contributed by atoms with Crippen molar-refractivity contribution >= 4 is 6.08 Å². The third kappa shape index (κ3) is 3.56. The summed E-state index contributed by atoms with van der Waals surface area (Å²) in [4.78, 5) is 11.1. The molecular weight excluding hydrogens is 448 g/mol. The Bertz CT molecular complexity index is 1310. The van der Waals surface area contributed by atoms with Crippen LogP contribution in [0.15, 0.2) is 48.9 Å². The van der Waals surface area contributed by atoms with Gasteiger partial charge in [0.1, 0.15) is 0 Å². The van der Waals surface area contributed by atoms with E-state index in [0.29, 0.717) is 5.92 Å². The Hall–Kier alpha value is -2.87. The van der Waals surface area contributed by atoms with Crippen LogP contribution in [0.25, 0.3) is 17.3 Å². The zero-order valence-electron chi connectivity index (χ0n) is 20.9. The number of likely N-dealkylation sites (tertiary alicyclic amines) is 1. The van der Waals surface area contributed by atoms with E-state index in [9.17, 15) is 5.11 Å². The number of aryl methyl sites for hydroxylation is 1. The van der Waals surface area contributed by atoms with Gasteiger partial charge in [0, 0.05) is 60.4 Å². The lowest BCUT2D eigenvalue weighted by Crippen LogP contribution is -2.57. The van der Waals surface area contributed by atoms with Crippen LogP contribution in [-0.2, 0) is 23.9 Å². The summed E-state index contributed by atoms with van der Waals surface area (Å²) < 4.78 is 2.20. The number of hydrogen-bond donors (Lipinski definition) is 2. The zero-order valence-corrected chi connectivity index (χ0v) is 20.9. The maximum absolute atomic E-state index is 11.3. The first-order chi connectivity index (χ1) is 17.5. The Labute approximate surface area is 212 Å². The third-order valence-corrected chi connectivity index (χ3v) is 9.12. The van der Waals surface area contributed by atoms with Gasteiger partial charge in [-0.15, -0.1) is 0 Å². The Morgan fingerprint density at radius 3 is 2.75 bits per heavy atom. The van der Waals surface area contributed by atoms with Crippen LogP contribution in [0, 0.1) is 5.92 Å². The maximum Gasteiger partial charge on any atom is 0.163 e. The van der Waals surface area contributed by atoms with Crippen molar-refractivity contribution in [1.29, 1.82) is 0 Å². The minimum Gasteiger partial charge on any atom is -0.365 e. The number of pyridine rings is 2. The van der Waals surface area contributed by atoms with E-state index in [1.165, 1.54) is 23.2 Å². The van der Waals surface area contributed by atoms with Gasteiger partial charge in [0.25, 0.3) is 0 Å². The topological polar surface area (TPSA) is 79.1 Å². The van der Waals surface area contributed by atoms with Gasteiger partial charge in [0.15, 0.2) is 6.35 Å². The van der Waals surface area contributed by atoms with Crippen LogP contribution in [0.5, 0.6) is 0 Å². The number of aliphatic hydroxyl groups excluding tert-OH is 1. The molecule has 186 valence electrons. The summed E-state index contributed by atoms with van der Waals surface area (Å²) in [6.07, 6.45) is 15.8. The van der Waals surface area contributed by atoms with Crippen LogP contribution < -0.4 is 5.32 Å². The van der Waals surface area contributed by atoms with Crippen molar-refractivity contribution < 1.29 is 5.11 Å². The van der Waals surface area contributed by atoms with Crippen molar-refractivity contribution in [3.8, 4) is 11.3 Å². The van der Waals surface area contributed by atoms with Crippen LogP contribution in [0.4, 0.5) is 0 Å². The van der Waals surface area contributed by atoms with Gasteiger partial charge in [-0.1, -0.05) is 13.0 Å². The fourth-order valence-electron chi connectivity index (χ4n) is 6.83. The van der Waals surface area contributed by atoms with E-state index < -0.39 is 6.35 Å². The number of aromatic nitrogens is 4. The second-order valence-corrected chi connectivity index (χ2v) is 11.4. The normalized spacial score (nSPS) is 27.1. The van der Waals surface area contributed by atoms with Crippen LogP contribution >= 0.6 is 0 Å². The van der Waals surface area contributed by atoms with Crippen molar-refractivity contribution in [2.45, 2.75) is 69.3 Å². The van der Waals surface area contributed by atoms with Crippen LogP contribution in [0.2, 0.25) is 0 Å². The van der Waals surface area contributed by atoms with Gasteiger partial charge < -0.3 is 5.11 Å². The molecule has 1 spiro atoms. The van der Waals surface area contributed by atoms with Gasteiger partial charge in [0.05, 0.1) is 11.4 Å². The molecule has 3 unspecified atom stereocenters. The second-order valence-electron chi connectivity index (χ2n) is 11.4. The molecule has 1 saturated heterocycles. The molecule has 0 amide bonds. The fourth-order valence-corrected chi connectivity index (χ4v) is 6.83. The first-order valence-corrected chi connectivity index (χ1v) is 13.4. The van der Waals surface area contributed by atoms with Gasteiger partial charge in [-0.25, -0.2) is 0 Å². The monoisotopic (exact) mass is 482 g/mol. The van der Waals surface area contributed by atoms with Crippen LogP contribution in [0.3, 0.4) is 0 Å². The number of nitrogens with one attached hydrogen (secondary N) is 1. The second kappa shape index (κ2) is 8.33. The fraction of sp³-hybridized carbons (Fsp3) is 0.483. The van der Waals surface area contributed by atoms with Gasteiger partial charge in [0.2, 0.25) is 0 Å². The lowest BCUT2D eigenvalue weighted by Gasteiger charge is -2.46. The molecule has 3 aromatic rings. The van der Waals surface area contributed by atoms with E-state index in [4.69, 9.17) is 10.1 Å². The van der Waals surface area contributed by atoms with Crippen molar-refractivity contribution in [2.24, 2.45) is 5.92 Å². The number of fused-ring (bicyclic) bond motifs is 3. The molecule has 1 saturated carbocycles. The van der Waals surface area contributed by atoms with Crippen molar-refractivity contribution in [2.75, 3.05) is 13.1 Å². The van der Waals surface area contributed by atoms with Gasteiger partial charge >= 0.3 is 0 Å². The van der Waals surface area contributed by atoms with Crippen molar-refractivity contribution in [3.05, 3.63) is 71.4 Å². The SMILES string of the molecule is CC1C=Cc2ncc(-c3cc4n(n3)CCC43CCN(C(O)NC4(c5ccncc5)CCC4)C3)cc2C1. The van der Waals surface area contributed by atoms with Gasteiger partial charge in [-0.3, -0.25) is 24.9 Å². The Balaban J connectivity index is 1.10. The number of allylic oxidation sites excluding steroid dienone is 1. The Morgan fingerprint density at radius 1 is 1.11 bits per heavy atom. The van der Waals surface area contributed by atoms with Gasteiger partial charge in [-0.05, 0) is 85.9 Å². The molecule has 0 radical (unpaired) electrons. The molecule has 7 heteroatoms. The molecule has 3 aromatic heterocycles.